The first-order chi connectivity index (χ1) is 15.7. The van der Waals surface area contributed by atoms with Crippen molar-refractivity contribution >= 4 is 11.4 Å². The van der Waals surface area contributed by atoms with Gasteiger partial charge in [0, 0.05) is 49.3 Å². The maximum absolute atomic E-state index is 4.29. The predicted octanol–water partition coefficient (Wildman–Crippen LogP) is 4.56. The molecule has 0 unspecified atom stereocenters. The number of rotatable bonds is 4. The van der Waals surface area contributed by atoms with Crippen LogP contribution in [0.3, 0.4) is 0 Å². The van der Waals surface area contributed by atoms with Crippen LogP contribution in [0.4, 0.5) is 11.4 Å². The summed E-state index contributed by atoms with van der Waals surface area (Å²) >= 11 is 0. The van der Waals surface area contributed by atoms with Gasteiger partial charge in [0.1, 0.15) is 11.6 Å². The first kappa shape index (κ1) is 20.4. The molecule has 0 aliphatic carbocycles. The van der Waals surface area contributed by atoms with Gasteiger partial charge in [-0.1, -0.05) is 30.3 Å². The van der Waals surface area contributed by atoms with Crippen LogP contribution < -0.4 is 9.80 Å². The fourth-order valence-corrected chi connectivity index (χ4v) is 4.75. The first-order valence-electron chi connectivity index (χ1n) is 11.3. The van der Waals surface area contributed by atoms with Gasteiger partial charge in [-0.3, -0.25) is 0 Å². The molecule has 4 aromatic rings. The molecule has 164 valence electrons. The summed E-state index contributed by atoms with van der Waals surface area (Å²) in [5.74, 6) is 2.07. The zero-order valence-electron chi connectivity index (χ0n) is 18.8. The molecular weight excluding hydrogens is 396 g/mol. The molecule has 4 heterocycles. The molecule has 0 saturated carbocycles. The highest BCUT2D eigenvalue weighted by molar-refractivity contribution is 5.63. The van der Waals surface area contributed by atoms with E-state index in [4.69, 9.17) is 0 Å². The minimum atomic E-state index is 0.878. The van der Waals surface area contributed by atoms with Crippen molar-refractivity contribution in [3.05, 3.63) is 95.1 Å². The Hall–Kier alpha value is -3.54. The number of fused-ring (bicyclic) bond motifs is 2. The first-order valence-corrected chi connectivity index (χ1v) is 11.3. The van der Waals surface area contributed by atoms with Gasteiger partial charge in [0.05, 0.1) is 13.1 Å². The van der Waals surface area contributed by atoms with Crippen LogP contribution in [0.1, 0.15) is 33.9 Å². The Morgan fingerprint density at radius 1 is 0.812 bits per heavy atom. The lowest BCUT2D eigenvalue weighted by Crippen LogP contribution is -2.21. The van der Waals surface area contributed by atoms with Crippen LogP contribution in [-0.4, -0.2) is 33.0 Å². The van der Waals surface area contributed by atoms with E-state index < -0.39 is 0 Å². The molecule has 2 aromatic heterocycles. The number of aromatic nitrogens is 4. The average molecular weight is 427 g/mol. The largest absolute Gasteiger partial charge is 0.363 e. The topological polar surface area (TPSA) is 63.8 Å². The van der Waals surface area contributed by atoms with Crippen LogP contribution in [0.5, 0.6) is 0 Å². The lowest BCUT2D eigenvalue weighted by molar-refractivity contribution is 0.796. The Morgan fingerprint density at radius 3 is 2.22 bits per heavy atom. The Kier molecular flexibility index (Phi) is 5.67. The maximum Gasteiger partial charge on any atom is 0.125 e. The van der Waals surface area contributed by atoms with E-state index in [1.54, 1.807) is 0 Å². The number of aryl methyl sites for hydroxylation is 2. The molecule has 32 heavy (non-hydrogen) atoms. The summed E-state index contributed by atoms with van der Waals surface area (Å²) in [6.45, 7) is 8.28. The quantitative estimate of drug-likeness (QED) is 0.502. The fourth-order valence-electron chi connectivity index (χ4n) is 4.75. The normalized spacial score (nSPS) is 14.2. The monoisotopic (exact) mass is 426 g/mol. The molecule has 2 aromatic carbocycles. The predicted molar refractivity (Wildman–Crippen MR) is 129 cm³/mol. The summed E-state index contributed by atoms with van der Waals surface area (Å²) in [6.07, 6.45) is 9.67. The van der Waals surface area contributed by atoms with E-state index in [9.17, 15) is 0 Å². The van der Waals surface area contributed by atoms with Crippen LogP contribution in [-0.2, 0) is 25.9 Å². The highest BCUT2D eigenvalue weighted by Gasteiger charge is 2.21. The van der Waals surface area contributed by atoms with Gasteiger partial charge in [-0.25, -0.2) is 9.97 Å². The number of aromatic amines is 2. The molecule has 0 fully saturated rings. The molecule has 6 nitrogen and oxygen atoms in total. The summed E-state index contributed by atoms with van der Waals surface area (Å²) in [5.41, 5.74) is 8.38. The summed E-state index contributed by atoms with van der Waals surface area (Å²) < 4.78 is 0. The third kappa shape index (κ3) is 4.26. The zero-order chi connectivity index (χ0) is 21.9. The van der Waals surface area contributed by atoms with Gasteiger partial charge in [0.25, 0.3) is 0 Å². The van der Waals surface area contributed by atoms with Gasteiger partial charge in [0.15, 0.2) is 0 Å². The third-order valence-electron chi connectivity index (χ3n) is 6.31. The third-order valence-corrected chi connectivity index (χ3v) is 6.31. The number of anilines is 2. The Bertz CT molecular complexity index is 1160. The molecular formula is C26H30N6. The lowest BCUT2D eigenvalue weighted by atomic mass is 10.1. The Balaban J connectivity index is 0.000000135. The van der Waals surface area contributed by atoms with E-state index in [1.807, 2.05) is 24.8 Å². The van der Waals surface area contributed by atoms with Crippen molar-refractivity contribution in [1.29, 1.82) is 0 Å². The second-order valence-electron chi connectivity index (χ2n) is 8.63. The number of nitrogens with zero attached hydrogens (tertiary/aromatic N) is 4. The van der Waals surface area contributed by atoms with Crippen molar-refractivity contribution in [2.75, 3.05) is 22.9 Å². The Labute approximate surface area is 189 Å². The molecule has 2 N–H and O–H groups in total. The molecule has 0 atom stereocenters. The van der Waals surface area contributed by atoms with Crippen LogP contribution in [0, 0.1) is 13.8 Å². The van der Waals surface area contributed by atoms with E-state index >= 15 is 0 Å². The van der Waals surface area contributed by atoms with E-state index in [1.165, 1.54) is 33.6 Å². The van der Waals surface area contributed by atoms with Crippen molar-refractivity contribution < 1.29 is 0 Å². The van der Waals surface area contributed by atoms with Crippen molar-refractivity contribution in [2.24, 2.45) is 0 Å². The molecule has 0 amide bonds. The SMILES string of the molecule is Cc1ccc2c(c1)N(Cc1ncc[nH]1)CC2.Cc1cccc2c1N(Cc1ncc[nH]1)CC2. The van der Waals surface area contributed by atoms with Crippen LogP contribution in [0.25, 0.3) is 0 Å². The highest BCUT2D eigenvalue weighted by atomic mass is 15.2. The van der Waals surface area contributed by atoms with Gasteiger partial charge in [-0.05, 0) is 55.0 Å². The van der Waals surface area contributed by atoms with E-state index in [-0.39, 0.29) is 0 Å². The Morgan fingerprint density at radius 2 is 1.50 bits per heavy atom. The van der Waals surface area contributed by atoms with E-state index in [2.05, 4.69) is 80.0 Å². The summed E-state index contributed by atoms with van der Waals surface area (Å²) in [5, 5.41) is 0. The average Bonchev–Trinajstić information content (AvgIpc) is 3.59. The smallest absolute Gasteiger partial charge is 0.125 e. The van der Waals surface area contributed by atoms with Crippen LogP contribution >= 0.6 is 0 Å². The summed E-state index contributed by atoms with van der Waals surface area (Å²) in [4.78, 5) is 19.7. The number of imidazole rings is 2. The van der Waals surface area contributed by atoms with Gasteiger partial charge in [-0.2, -0.15) is 0 Å². The number of H-pyrrole nitrogens is 2. The highest BCUT2D eigenvalue weighted by Crippen LogP contribution is 2.32. The summed E-state index contributed by atoms with van der Waals surface area (Å²) in [7, 11) is 0. The molecule has 0 bridgehead atoms. The van der Waals surface area contributed by atoms with E-state index in [0.29, 0.717) is 0 Å². The number of para-hydroxylation sites is 1. The number of benzene rings is 2. The minimum absolute atomic E-state index is 0.878. The molecule has 0 spiro atoms. The molecule has 2 aliphatic rings. The molecule has 2 aliphatic heterocycles. The van der Waals surface area contributed by atoms with Gasteiger partial charge in [0.2, 0.25) is 0 Å². The minimum Gasteiger partial charge on any atom is -0.363 e. The van der Waals surface area contributed by atoms with Gasteiger partial charge >= 0.3 is 0 Å². The second kappa shape index (κ2) is 8.91. The number of nitrogens with one attached hydrogen (secondary N) is 2. The molecule has 6 heteroatoms. The number of hydrogen-bond acceptors (Lipinski definition) is 4. The molecule has 0 radical (unpaired) electrons. The van der Waals surface area contributed by atoms with Crippen molar-refractivity contribution in [3.8, 4) is 0 Å². The van der Waals surface area contributed by atoms with Crippen molar-refractivity contribution in [1.82, 2.24) is 19.9 Å². The molecule has 0 saturated heterocycles. The van der Waals surface area contributed by atoms with Gasteiger partial charge in [-0.15, -0.1) is 0 Å². The summed E-state index contributed by atoms with van der Waals surface area (Å²) in [6, 6.07) is 13.3. The number of hydrogen-bond donors (Lipinski definition) is 2. The van der Waals surface area contributed by atoms with Crippen LogP contribution in [0.2, 0.25) is 0 Å². The van der Waals surface area contributed by atoms with Crippen molar-refractivity contribution in [3.63, 3.8) is 0 Å². The zero-order valence-corrected chi connectivity index (χ0v) is 18.8. The van der Waals surface area contributed by atoms with E-state index in [0.717, 1.165) is 50.7 Å². The maximum atomic E-state index is 4.29. The standard InChI is InChI=1S/2C13H15N3/c1-10-2-3-11-4-7-16(12(11)8-10)9-13-14-5-6-15-13;1-10-3-2-4-11-5-8-16(13(10)11)9-12-14-6-7-15-12/h2-3,5-6,8H,4,7,9H2,1H3,(H,14,15);2-4,6-7H,5,8-9H2,1H3,(H,14,15). The fraction of sp³-hybridized carbons (Fsp3) is 0.308. The second-order valence-corrected chi connectivity index (χ2v) is 8.63. The van der Waals surface area contributed by atoms with Crippen LogP contribution in [0.15, 0.2) is 61.2 Å². The lowest BCUT2D eigenvalue weighted by Gasteiger charge is -2.19. The van der Waals surface area contributed by atoms with Gasteiger partial charge < -0.3 is 19.8 Å². The van der Waals surface area contributed by atoms with Crippen molar-refractivity contribution in [2.45, 2.75) is 39.8 Å². The molecule has 6 rings (SSSR count).